The van der Waals surface area contributed by atoms with Gasteiger partial charge in [0, 0.05) is 69.5 Å². The van der Waals surface area contributed by atoms with Crippen LogP contribution in [0.3, 0.4) is 0 Å². The van der Waals surface area contributed by atoms with Gasteiger partial charge in [-0.05, 0) is 43.9 Å². The van der Waals surface area contributed by atoms with Gasteiger partial charge >= 0.3 is 0 Å². The van der Waals surface area contributed by atoms with Crippen molar-refractivity contribution >= 4 is 39.7 Å². The molecular weight excluding hydrogens is 556 g/mol. The molecule has 0 radical (unpaired) electrons. The predicted molar refractivity (Wildman–Crippen MR) is 174 cm³/mol. The molecule has 11 heteroatoms. The van der Waals surface area contributed by atoms with E-state index in [0.29, 0.717) is 35.1 Å². The number of likely N-dealkylation sites (tertiary alicyclic amines) is 1. The van der Waals surface area contributed by atoms with Gasteiger partial charge in [0.2, 0.25) is 5.91 Å². The molecule has 2 saturated heterocycles. The first-order valence-corrected chi connectivity index (χ1v) is 15.1. The molecule has 2 N–H and O–H groups in total. The Morgan fingerprint density at radius 1 is 1.00 bits per heavy atom. The lowest BCUT2D eigenvalue weighted by Crippen LogP contribution is -2.48. The van der Waals surface area contributed by atoms with Crippen LogP contribution >= 0.6 is 0 Å². The van der Waals surface area contributed by atoms with Gasteiger partial charge in [0.1, 0.15) is 17.9 Å². The average molecular weight is 597 g/mol. The van der Waals surface area contributed by atoms with E-state index >= 15 is 0 Å². The maximum Gasteiger partial charge on any atom is 0.247 e. The van der Waals surface area contributed by atoms with Crippen molar-refractivity contribution < 1.29 is 14.3 Å². The molecule has 0 unspecified atom stereocenters. The fourth-order valence-electron chi connectivity index (χ4n) is 6.35. The lowest BCUT2D eigenvalue weighted by Gasteiger charge is -2.42. The van der Waals surface area contributed by atoms with Gasteiger partial charge in [-0.3, -0.25) is 9.48 Å². The number of amides is 1. The average Bonchev–Trinajstić information content (AvgIpc) is 3.44. The fraction of sp³-hybridized carbons (Fsp3) is 0.394. The SMILES string of the molecule is C=CC(=O)Nc1cc(Nc2cc(-c3ccc4cnn(C)c4c3)ncn2)c(OC)cc1N1CCC(N2CCC(OC)CC2)CC1. The first-order chi connectivity index (χ1) is 21.4. The summed E-state index contributed by atoms with van der Waals surface area (Å²) in [4.78, 5) is 26.4. The number of nitrogens with one attached hydrogen (secondary N) is 2. The number of fused-ring (bicyclic) bond motifs is 1. The molecule has 230 valence electrons. The maximum absolute atomic E-state index is 12.5. The molecule has 2 aromatic carbocycles. The molecule has 0 bridgehead atoms. The standard InChI is InChI=1S/C33H40N8O3/c1-5-33(42)38-27-17-28(37-32-18-26(34-21-35-32)22-6-7-23-20-36-39(2)29(23)16-22)31(44-4)19-30(27)41-12-8-24(9-13-41)40-14-10-25(43-3)11-15-40/h5-7,16-21,24-25H,1,8-15H2,2-4H3,(H,38,42)(H,34,35,37). The highest BCUT2D eigenvalue weighted by atomic mass is 16.5. The van der Waals surface area contributed by atoms with Crippen LogP contribution in [0.1, 0.15) is 25.7 Å². The Morgan fingerprint density at radius 3 is 2.52 bits per heavy atom. The van der Waals surface area contributed by atoms with E-state index in [-0.39, 0.29) is 5.91 Å². The maximum atomic E-state index is 12.5. The van der Waals surface area contributed by atoms with Crippen LogP contribution < -0.4 is 20.3 Å². The van der Waals surface area contributed by atoms with E-state index in [0.717, 1.165) is 79.7 Å². The van der Waals surface area contributed by atoms with E-state index < -0.39 is 0 Å². The second-order valence-corrected chi connectivity index (χ2v) is 11.4. The fourth-order valence-corrected chi connectivity index (χ4v) is 6.35. The van der Waals surface area contributed by atoms with E-state index in [9.17, 15) is 4.79 Å². The first-order valence-electron chi connectivity index (χ1n) is 15.1. The van der Waals surface area contributed by atoms with Crippen molar-refractivity contribution in [1.82, 2.24) is 24.6 Å². The number of benzene rings is 2. The van der Waals surface area contributed by atoms with Gasteiger partial charge < -0.3 is 29.9 Å². The molecule has 0 saturated carbocycles. The minimum absolute atomic E-state index is 0.270. The third kappa shape index (κ3) is 6.24. The number of carbonyl (C=O) groups excluding carboxylic acids is 1. The van der Waals surface area contributed by atoms with Crippen molar-refractivity contribution in [3.8, 4) is 17.0 Å². The van der Waals surface area contributed by atoms with Crippen molar-refractivity contribution in [3.63, 3.8) is 0 Å². The van der Waals surface area contributed by atoms with Gasteiger partial charge in [0.25, 0.3) is 0 Å². The second-order valence-electron chi connectivity index (χ2n) is 11.4. The number of rotatable bonds is 9. The number of carbonyl (C=O) groups is 1. The van der Waals surface area contributed by atoms with Crippen LogP contribution in [0.5, 0.6) is 5.75 Å². The van der Waals surface area contributed by atoms with Crippen LogP contribution in [-0.2, 0) is 16.6 Å². The summed E-state index contributed by atoms with van der Waals surface area (Å²) in [7, 11) is 5.38. The Balaban J connectivity index is 1.23. The van der Waals surface area contributed by atoms with E-state index in [4.69, 9.17) is 9.47 Å². The number of nitrogens with zero attached hydrogens (tertiary/aromatic N) is 6. The van der Waals surface area contributed by atoms with Crippen LogP contribution in [0, 0.1) is 0 Å². The summed E-state index contributed by atoms with van der Waals surface area (Å²) in [5.41, 5.74) is 5.05. The van der Waals surface area contributed by atoms with E-state index in [1.165, 1.54) is 12.4 Å². The summed E-state index contributed by atoms with van der Waals surface area (Å²) in [5.74, 6) is 0.982. The highest BCUT2D eigenvalue weighted by Crippen LogP contribution is 2.40. The van der Waals surface area contributed by atoms with E-state index in [1.807, 2.05) is 55.4 Å². The monoisotopic (exact) mass is 596 g/mol. The molecule has 0 atom stereocenters. The van der Waals surface area contributed by atoms with E-state index in [2.05, 4.69) is 48.1 Å². The summed E-state index contributed by atoms with van der Waals surface area (Å²) in [6.07, 6.45) is 9.35. The Morgan fingerprint density at radius 2 is 1.80 bits per heavy atom. The lowest BCUT2D eigenvalue weighted by molar-refractivity contribution is -0.111. The van der Waals surface area contributed by atoms with Gasteiger partial charge in [-0.1, -0.05) is 18.7 Å². The smallest absolute Gasteiger partial charge is 0.247 e. The normalized spacial score (nSPS) is 16.7. The van der Waals surface area contributed by atoms with Crippen molar-refractivity contribution in [2.24, 2.45) is 7.05 Å². The third-order valence-electron chi connectivity index (χ3n) is 8.87. The quantitative estimate of drug-likeness (QED) is 0.258. The minimum Gasteiger partial charge on any atom is -0.494 e. The number of aromatic nitrogens is 4. The molecule has 4 heterocycles. The van der Waals surface area contributed by atoms with Crippen LogP contribution in [0.25, 0.3) is 22.2 Å². The molecular formula is C33H40N8O3. The molecule has 6 rings (SSSR count). The summed E-state index contributed by atoms with van der Waals surface area (Å²) in [6.45, 7) is 7.59. The number of methoxy groups -OCH3 is 2. The zero-order valence-corrected chi connectivity index (χ0v) is 25.6. The molecule has 2 aliphatic heterocycles. The minimum atomic E-state index is -0.270. The Labute approximate surface area is 257 Å². The van der Waals surface area contributed by atoms with Crippen LogP contribution in [-0.4, -0.2) is 83.1 Å². The predicted octanol–water partition coefficient (Wildman–Crippen LogP) is 4.99. The Kier molecular flexibility index (Phi) is 8.76. The van der Waals surface area contributed by atoms with E-state index in [1.54, 1.807) is 7.11 Å². The molecule has 1 amide bonds. The van der Waals surface area contributed by atoms with Crippen LogP contribution in [0.4, 0.5) is 22.9 Å². The molecule has 2 aliphatic rings. The number of anilines is 4. The molecule has 2 aromatic heterocycles. The molecule has 0 aliphatic carbocycles. The van der Waals surface area contributed by atoms with Crippen molar-refractivity contribution in [2.45, 2.75) is 37.8 Å². The number of hydrogen-bond donors (Lipinski definition) is 2. The molecule has 0 spiro atoms. The van der Waals surface area contributed by atoms with Gasteiger partial charge in [-0.2, -0.15) is 5.10 Å². The first kappa shape index (κ1) is 29.6. The second kappa shape index (κ2) is 13.0. The zero-order valence-electron chi connectivity index (χ0n) is 25.6. The number of hydrogen-bond acceptors (Lipinski definition) is 9. The largest absolute Gasteiger partial charge is 0.494 e. The van der Waals surface area contributed by atoms with Crippen molar-refractivity contribution in [1.29, 1.82) is 0 Å². The Hall–Kier alpha value is -4.48. The molecule has 11 nitrogen and oxygen atoms in total. The molecule has 4 aromatic rings. The zero-order chi connectivity index (χ0) is 30.6. The summed E-state index contributed by atoms with van der Waals surface area (Å²) < 4.78 is 13.3. The summed E-state index contributed by atoms with van der Waals surface area (Å²) in [5, 5.41) is 11.8. The van der Waals surface area contributed by atoms with Crippen molar-refractivity contribution in [3.05, 3.63) is 61.6 Å². The number of ether oxygens (including phenoxy) is 2. The van der Waals surface area contributed by atoms with Crippen LogP contribution in [0.2, 0.25) is 0 Å². The van der Waals surface area contributed by atoms with Gasteiger partial charge in [-0.25, -0.2) is 9.97 Å². The number of piperidine rings is 2. The summed E-state index contributed by atoms with van der Waals surface area (Å²) in [6, 6.07) is 12.5. The third-order valence-corrected chi connectivity index (χ3v) is 8.87. The Bertz CT molecular complexity index is 1640. The van der Waals surface area contributed by atoms with Gasteiger partial charge in [-0.15, -0.1) is 0 Å². The van der Waals surface area contributed by atoms with Gasteiger partial charge in [0.05, 0.1) is 47.7 Å². The number of aryl methyl sites for hydroxylation is 1. The topological polar surface area (TPSA) is 110 Å². The lowest BCUT2D eigenvalue weighted by atomic mass is 9.98. The molecule has 2 fully saturated rings. The van der Waals surface area contributed by atoms with Crippen LogP contribution in [0.15, 0.2) is 61.6 Å². The van der Waals surface area contributed by atoms with Crippen molar-refractivity contribution in [2.75, 3.05) is 55.9 Å². The summed E-state index contributed by atoms with van der Waals surface area (Å²) >= 11 is 0. The highest BCUT2D eigenvalue weighted by molar-refractivity contribution is 6.02. The van der Waals surface area contributed by atoms with Gasteiger partial charge in [0.15, 0.2) is 0 Å². The highest BCUT2D eigenvalue weighted by Gasteiger charge is 2.29. The molecule has 44 heavy (non-hydrogen) atoms.